The molecule has 1 N–H and O–H groups in total. The van der Waals surface area contributed by atoms with Crippen LogP contribution in [0.25, 0.3) is 0 Å². The molecule has 1 atom stereocenters. The molecule has 0 aliphatic carbocycles. The third-order valence-electron chi connectivity index (χ3n) is 2.63. The molecule has 0 spiro atoms. The number of aliphatic hydroxyl groups is 1. The van der Waals surface area contributed by atoms with Crippen molar-refractivity contribution in [2.75, 3.05) is 0 Å². The maximum Gasteiger partial charge on any atom is 0.0628 e. The van der Waals surface area contributed by atoms with E-state index in [1.54, 1.807) is 0 Å². The van der Waals surface area contributed by atoms with Gasteiger partial charge >= 0.3 is 0 Å². The zero-order chi connectivity index (χ0) is 10.9. The van der Waals surface area contributed by atoms with Gasteiger partial charge in [-0.3, -0.25) is 0 Å². The average molecular weight is 196 g/mol. The molecule has 0 amide bonds. The number of rotatable bonds is 8. The van der Waals surface area contributed by atoms with Crippen LogP contribution in [0, 0.1) is 12.3 Å². The van der Waals surface area contributed by atoms with Crippen molar-refractivity contribution in [2.24, 2.45) is 0 Å². The second kappa shape index (κ2) is 7.88. The average Bonchev–Trinajstić information content (AvgIpc) is 2.15. The summed E-state index contributed by atoms with van der Waals surface area (Å²) in [6.45, 7) is 4.10. The van der Waals surface area contributed by atoms with Gasteiger partial charge in [0.25, 0.3) is 0 Å². The van der Waals surface area contributed by atoms with Gasteiger partial charge < -0.3 is 5.11 Å². The minimum absolute atomic E-state index is 0.543. The molecule has 0 rings (SSSR count). The van der Waals surface area contributed by atoms with Gasteiger partial charge in [-0.2, -0.15) is 0 Å². The molecule has 82 valence electrons. The summed E-state index contributed by atoms with van der Waals surface area (Å²) in [6.07, 6.45) is 13.7. The van der Waals surface area contributed by atoms with Crippen molar-refractivity contribution in [1.82, 2.24) is 0 Å². The summed E-state index contributed by atoms with van der Waals surface area (Å²) in [5, 5.41) is 9.91. The molecular formula is C13H24O. The van der Waals surface area contributed by atoms with Gasteiger partial charge in [0.1, 0.15) is 0 Å². The molecule has 0 aromatic rings. The van der Waals surface area contributed by atoms with Gasteiger partial charge in [0.15, 0.2) is 0 Å². The highest BCUT2D eigenvalue weighted by Gasteiger charge is 2.18. The molecule has 0 saturated carbocycles. The largest absolute Gasteiger partial charge is 0.390 e. The van der Waals surface area contributed by atoms with Crippen LogP contribution in [0.4, 0.5) is 0 Å². The molecule has 1 heteroatoms. The van der Waals surface area contributed by atoms with Gasteiger partial charge in [-0.15, -0.1) is 12.3 Å². The van der Waals surface area contributed by atoms with Gasteiger partial charge in [0.05, 0.1) is 5.60 Å². The first kappa shape index (κ1) is 13.5. The fraction of sp³-hybridized carbons (Fsp3) is 0.846. The minimum Gasteiger partial charge on any atom is -0.390 e. The Hall–Kier alpha value is -0.480. The summed E-state index contributed by atoms with van der Waals surface area (Å²) in [7, 11) is 0. The Morgan fingerprint density at radius 1 is 1.14 bits per heavy atom. The normalized spacial score (nSPS) is 14.7. The van der Waals surface area contributed by atoms with Crippen LogP contribution in [0.15, 0.2) is 0 Å². The standard InChI is InChI=1S/C13H24O/c1-4-6-8-9-10-12-13(3,14)11-7-5-2/h2,14H,4,6-12H2,1,3H3. The van der Waals surface area contributed by atoms with E-state index in [2.05, 4.69) is 12.8 Å². The summed E-state index contributed by atoms with van der Waals surface area (Å²) in [4.78, 5) is 0. The van der Waals surface area contributed by atoms with Gasteiger partial charge in [-0.05, 0) is 19.8 Å². The molecule has 0 aliphatic heterocycles. The summed E-state index contributed by atoms with van der Waals surface area (Å²) in [5.74, 6) is 2.57. The molecule has 0 aliphatic rings. The van der Waals surface area contributed by atoms with Gasteiger partial charge in [-0.1, -0.05) is 39.0 Å². The third kappa shape index (κ3) is 8.13. The van der Waals surface area contributed by atoms with Crippen LogP contribution in [-0.2, 0) is 0 Å². The van der Waals surface area contributed by atoms with E-state index in [4.69, 9.17) is 6.42 Å². The molecular weight excluding hydrogens is 172 g/mol. The van der Waals surface area contributed by atoms with E-state index in [-0.39, 0.29) is 0 Å². The number of unbranched alkanes of at least 4 members (excludes halogenated alkanes) is 4. The lowest BCUT2D eigenvalue weighted by molar-refractivity contribution is 0.0408. The molecule has 1 unspecified atom stereocenters. The molecule has 0 aromatic heterocycles. The third-order valence-corrected chi connectivity index (χ3v) is 2.63. The molecule has 1 nitrogen and oxygen atoms in total. The van der Waals surface area contributed by atoms with Crippen LogP contribution in [0.1, 0.15) is 65.2 Å². The predicted octanol–water partition coefficient (Wildman–Crippen LogP) is 3.51. The second-order valence-corrected chi connectivity index (χ2v) is 4.37. The van der Waals surface area contributed by atoms with E-state index < -0.39 is 5.60 Å². The summed E-state index contributed by atoms with van der Waals surface area (Å²) in [5.41, 5.74) is -0.543. The smallest absolute Gasteiger partial charge is 0.0628 e. The van der Waals surface area contributed by atoms with Crippen molar-refractivity contribution in [1.29, 1.82) is 0 Å². The van der Waals surface area contributed by atoms with Crippen LogP contribution in [0.5, 0.6) is 0 Å². The summed E-state index contributed by atoms with van der Waals surface area (Å²) < 4.78 is 0. The van der Waals surface area contributed by atoms with E-state index in [9.17, 15) is 5.11 Å². The Bertz CT molecular complexity index is 165. The Kier molecular flexibility index (Phi) is 7.61. The maximum absolute atomic E-state index is 9.91. The van der Waals surface area contributed by atoms with Crippen LogP contribution in [0.2, 0.25) is 0 Å². The Balaban J connectivity index is 3.41. The highest BCUT2D eigenvalue weighted by Crippen LogP contribution is 2.20. The maximum atomic E-state index is 9.91. The van der Waals surface area contributed by atoms with E-state index in [1.165, 1.54) is 25.7 Å². The first-order valence-corrected chi connectivity index (χ1v) is 5.78. The summed E-state index contributed by atoms with van der Waals surface area (Å²) in [6, 6.07) is 0. The van der Waals surface area contributed by atoms with Crippen molar-refractivity contribution >= 4 is 0 Å². The second-order valence-electron chi connectivity index (χ2n) is 4.37. The lowest BCUT2D eigenvalue weighted by Crippen LogP contribution is -2.23. The lowest BCUT2D eigenvalue weighted by atomic mass is 9.93. The Morgan fingerprint density at radius 2 is 1.79 bits per heavy atom. The highest BCUT2D eigenvalue weighted by molar-refractivity contribution is 4.87. The van der Waals surface area contributed by atoms with Crippen molar-refractivity contribution in [3.8, 4) is 12.3 Å². The van der Waals surface area contributed by atoms with Crippen molar-refractivity contribution < 1.29 is 5.11 Å². The van der Waals surface area contributed by atoms with Crippen LogP contribution >= 0.6 is 0 Å². The van der Waals surface area contributed by atoms with Crippen LogP contribution < -0.4 is 0 Å². The Labute approximate surface area is 88.9 Å². The number of hydrogen-bond acceptors (Lipinski definition) is 1. The molecule has 0 aromatic carbocycles. The molecule has 14 heavy (non-hydrogen) atoms. The quantitative estimate of drug-likeness (QED) is 0.465. The summed E-state index contributed by atoms with van der Waals surface area (Å²) >= 11 is 0. The van der Waals surface area contributed by atoms with Gasteiger partial charge in [0.2, 0.25) is 0 Å². The van der Waals surface area contributed by atoms with Crippen molar-refractivity contribution in [3.05, 3.63) is 0 Å². The van der Waals surface area contributed by atoms with Crippen LogP contribution in [0.3, 0.4) is 0 Å². The fourth-order valence-corrected chi connectivity index (χ4v) is 1.58. The zero-order valence-corrected chi connectivity index (χ0v) is 9.68. The molecule has 0 bridgehead atoms. The van der Waals surface area contributed by atoms with E-state index in [1.807, 2.05) is 6.92 Å². The highest BCUT2D eigenvalue weighted by atomic mass is 16.3. The fourth-order valence-electron chi connectivity index (χ4n) is 1.58. The molecule has 0 heterocycles. The SMILES string of the molecule is C#CCCC(C)(O)CCCCCCC. The van der Waals surface area contributed by atoms with E-state index >= 15 is 0 Å². The van der Waals surface area contributed by atoms with E-state index in [0.717, 1.165) is 19.3 Å². The zero-order valence-electron chi connectivity index (χ0n) is 9.68. The first-order valence-electron chi connectivity index (χ1n) is 5.78. The molecule has 0 fully saturated rings. The van der Waals surface area contributed by atoms with Crippen molar-refractivity contribution in [2.45, 2.75) is 70.8 Å². The topological polar surface area (TPSA) is 20.2 Å². The number of terminal acetylenes is 1. The lowest BCUT2D eigenvalue weighted by Gasteiger charge is -2.21. The van der Waals surface area contributed by atoms with Crippen LogP contribution in [-0.4, -0.2) is 10.7 Å². The minimum atomic E-state index is -0.543. The Morgan fingerprint density at radius 3 is 2.36 bits per heavy atom. The van der Waals surface area contributed by atoms with Gasteiger partial charge in [0, 0.05) is 6.42 Å². The first-order chi connectivity index (χ1) is 6.62. The van der Waals surface area contributed by atoms with Crippen molar-refractivity contribution in [3.63, 3.8) is 0 Å². The monoisotopic (exact) mass is 196 g/mol. The van der Waals surface area contributed by atoms with Gasteiger partial charge in [-0.25, -0.2) is 0 Å². The predicted molar refractivity (Wildman–Crippen MR) is 62.1 cm³/mol. The molecule has 0 radical (unpaired) electrons. The number of hydrogen-bond donors (Lipinski definition) is 1. The molecule has 0 saturated heterocycles. The van der Waals surface area contributed by atoms with E-state index in [0.29, 0.717) is 6.42 Å².